The fourth-order valence-corrected chi connectivity index (χ4v) is 2.97. The van der Waals surface area contributed by atoms with Crippen LogP contribution in [-0.4, -0.2) is 35.6 Å². The van der Waals surface area contributed by atoms with E-state index >= 15 is 0 Å². The quantitative estimate of drug-likeness (QED) is 0.763. The van der Waals surface area contributed by atoms with Gasteiger partial charge in [0.05, 0.1) is 0 Å². The Kier molecular flexibility index (Phi) is 6.33. The van der Waals surface area contributed by atoms with Crippen LogP contribution in [0.3, 0.4) is 0 Å². The molecule has 2 atom stereocenters. The highest BCUT2D eigenvalue weighted by atomic mass is 32.2. The van der Waals surface area contributed by atoms with E-state index in [0.717, 1.165) is 11.3 Å². The lowest BCUT2D eigenvalue weighted by atomic mass is 10.2. The highest BCUT2D eigenvalue weighted by Gasteiger charge is 2.12. The van der Waals surface area contributed by atoms with E-state index in [4.69, 9.17) is 0 Å². The largest absolute Gasteiger partial charge is 0.313 e. The SMILES string of the molecule is CSC(C)CCNC1CCCSC1. The number of thioether (sulfide) groups is 2. The van der Waals surface area contributed by atoms with Crippen LogP contribution >= 0.6 is 23.5 Å². The van der Waals surface area contributed by atoms with Gasteiger partial charge < -0.3 is 5.32 Å². The van der Waals surface area contributed by atoms with Crippen LogP contribution in [0.2, 0.25) is 0 Å². The lowest BCUT2D eigenvalue weighted by Crippen LogP contribution is -2.35. The van der Waals surface area contributed by atoms with Gasteiger partial charge in [-0.3, -0.25) is 0 Å². The summed E-state index contributed by atoms with van der Waals surface area (Å²) in [5.74, 6) is 2.70. The van der Waals surface area contributed by atoms with Gasteiger partial charge in [0.2, 0.25) is 0 Å². The zero-order chi connectivity index (χ0) is 9.52. The Morgan fingerprint density at radius 1 is 1.62 bits per heavy atom. The molecule has 0 spiro atoms. The van der Waals surface area contributed by atoms with Crippen molar-refractivity contribution < 1.29 is 0 Å². The summed E-state index contributed by atoms with van der Waals surface area (Å²) in [5.41, 5.74) is 0. The molecule has 2 unspecified atom stereocenters. The summed E-state index contributed by atoms with van der Waals surface area (Å²) in [6.07, 6.45) is 6.30. The molecule has 0 aromatic rings. The Labute approximate surface area is 90.8 Å². The predicted molar refractivity (Wildman–Crippen MR) is 65.9 cm³/mol. The third-order valence-corrected chi connectivity index (χ3v) is 4.80. The van der Waals surface area contributed by atoms with Crippen molar-refractivity contribution in [3.05, 3.63) is 0 Å². The van der Waals surface area contributed by atoms with Crippen molar-refractivity contribution in [2.24, 2.45) is 0 Å². The Hall–Kier alpha value is 0.660. The summed E-state index contributed by atoms with van der Waals surface area (Å²) in [4.78, 5) is 0. The molecule has 1 nitrogen and oxygen atoms in total. The Balaban J connectivity index is 1.98. The van der Waals surface area contributed by atoms with Gasteiger partial charge in [0.25, 0.3) is 0 Å². The van der Waals surface area contributed by atoms with E-state index in [9.17, 15) is 0 Å². The summed E-state index contributed by atoms with van der Waals surface area (Å²) in [5, 5.41) is 4.46. The first-order chi connectivity index (χ1) is 6.33. The summed E-state index contributed by atoms with van der Waals surface area (Å²) >= 11 is 4.07. The fourth-order valence-electron chi connectivity index (χ4n) is 1.51. The van der Waals surface area contributed by atoms with Crippen LogP contribution in [0, 0.1) is 0 Å². The second kappa shape index (κ2) is 7.02. The molecule has 1 rings (SSSR count). The molecule has 1 N–H and O–H groups in total. The topological polar surface area (TPSA) is 12.0 Å². The maximum Gasteiger partial charge on any atom is 0.0158 e. The molecule has 0 aromatic carbocycles. The molecule has 3 heteroatoms. The van der Waals surface area contributed by atoms with Gasteiger partial charge in [-0.2, -0.15) is 23.5 Å². The second-order valence-corrected chi connectivity index (χ2v) is 6.13. The molecule has 0 aliphatic carbocycles. The maximum absolute atomic E-state index is 3.65. The van der Waals surface area contributed by atoms with Gasteiger partial charge in [-0.25, -0.2) is 0 Å². The summed E-state index contributed by atoms with van der Waals surface area (Å²) in [6.45, 7) is 3.51. The van der Waals surface area contributed by atoms with E-state index in [-0.39, 0.29) is 0 Å². The van der Waals surface area contributed by atoms with Crippen LogP contribution in [0.1, 0.15) is 26.2 Å². The van der Waals surface area contributed by atoms with Crippen molar-refractivity contribution in [2.45, 2.75) is 37.5 Å². The standard InChI is InChI=1S/C10H21NS2/c1-9(12-2)5-6-11-10-4-3-7-13-8-10/h9-11H,3-8H2,1-2H3. The highest BCUT2D eigenvalue weighted by molar-refractivity contribution is 7.99. The summed E-state index contributed by atoms with van der Waals surface area (Å²) in [6, 6.07) is 0.799. The van der Waals surface area contributed by atoms with Gasteiger partial charge in [0.1, 0.15) is 0 Å². The van der Waals surface area contributed by atoms with Crippen LogP contribution in [0.5, 0.6) is 0 Å². The zero-order valence-electron chi connectivity index (χ0n) is 8.71. The van der Waals surface area contributed by atoms with Crippen LogP contribution in [0.25, 0.3) is 0 Å². The van der Waals surface area contributed by atoms with Crippen molar-refractivity contribution in [3.8, 4) is 0 Å². The smallest absolute Gasteiger partial charge is 0.0158 e. The lowest BCUT2D eigenvalue weighted by Gasteiger charge is -2.23. The average Bonchev–Trinajstić information content (AvgIpc) is 2.19. The normalized spacial score (nSPS) is 25.8. The minimum Gasteiger partial charge on any atom is -0.313 e. The van der Waals surface area contributed by atoms with Gasteiger partial charge in [0, 0.05) is 17.0 Å². The molecule has 1 fully saturated rings. The molecular weight excluding hydrogens is 198 g/mol. The molecule has 0 radical (unpaired) electrons. The van der Waals surface area contributed by atoms with Gasteiger partial charge in [-0.15, -0.1) is 0 Å². The minimum atomic E-state index is 0.799. The van der Waals surface area contributed by atoms with Crippen LogP contribution in [-0.2, 0) is 0 Å². The molecule has 13 heavy (non-hydrogen) atoms. The van der Waals surface area contributed by atoms with Crippen molar-refractivity contribution in [3.63, 3.8) is 0 Å². The molecular formula is C10H21NS2. The summed E-state index contributed by atoms with van der Waals surface area (Å²) < 4.78 is 0. The van der Waals surface area contributed by atoms with Gasteiger partial charge >= 0.3 is 0 Å². The number of hydrogen-bond acceptors (Lipinski definition) is 3. The van der Waals surface area contributed by atoms with Crippen LogP contribution in [0.15, 0.2) is 0 Å². The molecule has 1 aliphatic heterocycles. The fraction of sp³-hybridized carbons (Fsp3) is 1.00. The molecule has 1 heterocycles. The Morgan fingerprint density at radius 2 is 2.46 bits per heavy atom. The van der Waals surface area contributed by atoms with Crippen molar-refractivity contribution in [1.82, 2.24) is 5.32 Å². The van der Waals surface area contributed by atoms with Crippen LogP contribution < -0.4 is 5.32 Å². The van der Waals surface area contributed by atoms with Crippen molar-refractivity contribution in [1.29, 1.82) is 0 Å². The number of hydrogen-bond donors (Lipinski definition) is 1. The molecule has 78 valence electrons. The summed E-state index contributed by atoms with van der Waals surface area (Å²) in [7, 11) is 0. The van der Waals surface area contributed by atoms with Crippen LogP contribution in [0.4, 0.5) is 0 Å². The second-order valence-electron chi connectivity index (χ2n) is 3.70. The van der Waals surface area contributed by atoms with E-state index < -0.39 is 0 Å². The first-order valence-corrected chi connectivity index (χ1v) is 7.61. The Morgan fingerprint density at radius 3 is 3.08 bits per heavy atom. The lowest BCUT2D eigenvalue weighted by molar-refractivity contribution is 0.501. The van der Waals surface area contributed by atoms with Gasteiger partial charge in [-0.1, -0.05) is 6.92 Å². The van der Waals surface area contributed by atoms with Gasteiger partial charge in [0.15, 0.2) is 0 Å². The molecule has 0 amide bonds. The van der Waals surface area contributed by atoms with E-state index in [1.807, 2.05) is 11.8 Å². The van der Waals surface area contributed by atoms with Crippen molar-refractivity contribution in [2.75, 3.05) is 24.3 Å². The third-order valence-electron chi connectivity index (χ3n) is 2.55. The molecule has 0 bridgehead atoms. The predicted octanol–water partition coefficient (Wildman–Crippen LogP) is 2.61. The third kappa shape index (κ3) is 5.18. The van der Waals surface area contributed by atoms with E-state index in [1.165, 1.54) is 37.3 Å². The van der Waals surface area contributed by atoms with E-state index in [2.05, 4.69) is 30.3 Å². The van der Waals surface area contributed by atoms with Gasteiger partial charge in [-0.05, 0) is 37.8 Å². The molecule has 0 aromatic heterocycles. The van der Waals surface area contributed by atoms with E-state index in [1.54, 1.807) is 0 Å². The zero-order valence-corrected chi connectivity index (χ0v) is 10.3. The number of rotatable bonds is 5. The van der Waals surface area contributed by atoms with Crippen molar-refractivity contribution >= 4 is 23.5 Å². The maximum atomic E-state index is 3.65. The monoisotopic (exact) mass is 219 g/mol. The average molecular weight is 219 g/mol. The first-order valence-electron chi connectivity index (χ1n) is 5.17. The van der Waals surface area contributed by atoms with E-state index in [0.29, 0.717) is 0 Å². The molecule has 1 aliphatic rings. The first kappa shape index (κ1) is 11.7. The number of nitrogens with one attached hydrogen (secondary N) is 1. The molecule has 0 saturated carbocycles. The molecule has 1 saturated heterocycles. The highest BCUT2D eigenvalue weighted by Crippen LogP contribution is 2.17. The Bertz CT molecular complexity index is 124. The minimum absolute atomic E-state index is 0.799.